The summed E-state index contributed by atoms with van der Waals surface area (Å²) in [5.41, 5.74) is 2.07. The van der Waals surface area contributed by atoms with Crippen molar-refractivity contribution in [1.82, 2.24) is 0 Å². The summed E-state index contributed by atoms with van der Waals surface area (Å²) >= 11 is 0. The number of aliphatic hydroxyl groups is 1. The molecule has 1 aromatic carbocycles. The van der Waals surface area contributed by atoms with Gasteiger partial charge in [-0.3, -0.25) is 10.1 Å². The summed E-state index contributed by atoms with van der Waals surface area (Å²) in [6.07, 6.45) is 3.71. The Kier molecular flexibility index (Phi) is 11.1. The van der Waals surface area contributed by atoms with Gasteiger partial charge in [-0.15, -0.1) is 0 Å². The van der Waals surface area contributed by atoms with Crippen LogP contribution in [0.5, 0.6) is 0 Å². The largest absolute Gasteiger partial charge is 0.381 e. The predicted molar refractivity (Wildman–Crippen MR) is 102 cm³/mol. The van der Waals surface area contributed by atoms with Crippen molar-refractivity contribution in [2.24, 2.45) is 0 Å². The van der Waals surface area contributed by atoms with Gasteiger partial charge in [0.1, 0.15) is 0 Å². The van der Waals surface area contributed by atoms with Crippen molar-refractivity contribution in [2.45, 2.75) is 77.7 Å². The Morgan fingerprint density at radius 1 is 1.00 bits per heavy atom. The van der Waals surface area contributed by atoms with Crippen LogP contribution in [0.4, 0.5) is 0 Å². The van der Waals surface area contributed by atoms with Gasteiger partial charge in [0, 0.05) is 24.6 Å². The average molecular weight is 367 g/mol. The number of rotatable bonds is 14. The predicted octanol–water partition coefficient (Wildman–Crippen LogP) is 3.76. The fraction of sp³-hybridized carbons (Fsp3) is 0.700. The zero-order chi connectivity index (χ0) is 19.4. The number of aliphatic hydroxyl groups excluding tert-OH is 1. The Morgan fingerprint density at radius 2 is 1.58 bits per heavy atom. The van der Waals surface area contributed by atoms with Gasteiger partial charge in [-0.2, -0.15) is 0 Å². The molecule has 1 aromatic rings. The first-order chi connectivity index (χ1) is 12.5. The summed E-state index contributed by atoms with van der Waals surface area (Å²) in [5.74, 6) is 0. The lowest BCUT2D eigenvalue weighted by atomic mass is 9.99. The number of aryl methyl sites for hydroxylation is 1. The third kappa shape index (κ3) is 7.81. The quantitative estimate of drug-likeness (QED) is 0.234. The topological polar surface area (TPSA) is 81.8 Å². The van der Waals surface area contributed by atoms with Gasteiger partial charge in [-0.1, -0.05) is 50.5 Å². The van der Waals surface area contributed by atoms with Crippen LogP contribution in [0, 0.1) is 10.1 Å². The van der Waals surface area contributed by atoms with Crippen molar-refractivity contribution in [3.8, 4) is 0 Å². The van der Waals surface area contributed by atoms with Gasteiger partial charge in [0.15, 0.2) is 12.4 Å². The van der Waals surface area contributed by atoms with E-state index in [0.717, 1.165) is 18.4 Å². The molecular weight excluding hydrogens is 334 g/mol. The molecule has 0 aliphatic rings. The zero-order valence-corrected chi connectivity index (χ0v) is 16.2. The highest BCUT2D eigenvalue weighted by molar-refractivity contribution is 5.23. The van der Waals surface area contributed by atoms with E-state index in [1.807, 2.05) is 24.3 Å². The van der Waals surface area contributed by atoms with Gasteiger partial charge in [0.05, 0.1) is 0 Å². The van der Waals surface area contributed by atoms with Crippen LogP contribution in [0.25, 0.3) is 0 Å². The summed E-state index contributed by atoms with van der Waals surface area (Å²) in [5, 5.41) is 21.9. The van der Waals surface area contributed by atoms with E-state index in [-0.39, 0.29) is 6.42 Å². The van der Waals surface area contributed by atoms with E-state index in [2.05, 4.69) is 6.92 Å². The van der Waals surface area contributed by atoms with E-state index in [4.69, 9.17) is 9.47 Å². The molecule has 6 heteroatoms. The van der Waals surface area contributed by atoms with Crippen LogP contribution in [0.2, 0.25) is 0 Å². The molecule has 0 saturated carbocycles. The minimum absolute atomic E-state index is 0.140. The van der Waals surface area contributed by atoms with Gasteiger partial charge in [0.2, 0.25) is 6.04 Å². The number of nitro groups is 1. The highest BCUT2D eigenvalue weighted by Gasteiger charge is 2.37. The van der Waals surface area contributed by atoms with Crippen LogP contribution in [0.3, 0.4) is 0 Å². The van der Waals surface area contributed by atoms with Gasteiger partial charge >= 0.3 is 0 Å². The lowest BCUT2D eigenvalue weighted by Crippen LogP contribution is -2.46. The Hall–Kier alpha value is -1.50. The monoisotopic (exact) mass is 367 g/mol. The number of unbranched alkanes of at least 4 members (excludes halogenated alkanes) is 3. The number of hydrogen-bond donors (Lipinski definition) is 1. The molecule has 0 aliphatic carbocycles. The minimum Gasteiger partial charge on any atom is -0.381 e. The molecule has 0 spiro atoms. The minimum atomic E-state index is -1.32. The maximum atomic E-state index is 11.5. The molecule has 0 bridgehead atoms. The lowest BCUT2D eigenvalue weighted by molar-refractivity contribution is -0.540. The lowest BCUT2D eigenvalue weighted by Gasteiger charge is -2.24. The molecule has 148 valence electrons. The molecule has 26 heavy (non-hydrogen) atoms. The van der Waals surface area contributed by atoms with Crippen molar-refractivity contribution in [2.75, 3.05) is 13.2 Å². The van der Waals surface area contributed by atoms with Crippen molar-refractivity contribution >= 4 is 0 Å². The van der Waals surface area contributed by atoms with Crippen LogP contribution in [0.1, 0.15) is 57.6 Å². The molecule has 0 saturated heterocycles. The maximum absolute atomic E-state index is 11.5. The summed E-state index contributed by atoms with van der Waals surface area (Å²) < 4.78 is 10.6. The Bertz CT molecular complexity index is 499. The molecule has 2 unspecified atom stereocenters. The normalized spacial score (nSPS) is 13.7. The van der Waals surface area contributed by atoms with Crippen LogP contribution in [0.15, 0.2) is 24.3 Å². The van der Waals surface area contributed by atoms with Crippen LogP contribution < -0.4 is 0 Å². The highest BCUT2D eigenvalue weighted by atomic mass is 16.7. The molecule has 0 fully saturated rings. The van der Waals surface area contributed by atoms with Crippen molar-refractivity contribution in [3.05, 3.63) is 45.5 Å². The first-order valence-corrected chi connectivity index (χ1v) is 9.66. The molecule has 2 atom stereocenters. The van der Waals surface area contributed by atoms with Crippen molar-refractivity contribution in [1.29, 1.82) is 0 Å². The Morgan fingerprint density at radius 3 is 2.08 bits per heavy atom. The van der Waals surface area contributed by atoms with Crippen LogP contribution >= 0.6 is 0 Å². The molecule has 1 N–H and O–H groups in total. The molecule has 0 heterocycles. The first-order valence-electron chi connectivity index (χ1n) is 9.66. The van der Waals surface area contributed by atoms with E-state index >= 15 is 0 Å². The van der Waals surface area contributed by atoms with E-state index in [1.165, 1.54) is 24.8 Å². The van der Waals surface area contributed by atoms with Crippen molar-refractivity contribution in [3.63, 3.8) is 0 Å². The Balaban J connectivity index is 2.70. The summed E-state index contributed by atoms with van der Waals surface area (Å²) in [6.45, 7) is 6.35. The second-order valence-corrected chi connectivity index (χ2v) is 6.45. The second kappa shape index (κ2) is 12.8. The van der Waals surface area contributed by atoms with Crippen molar-refractivity contribution < 1.29 is 19.5 Å². The smallest absolute Gasteiger partial charge is 0.247 e. The van der Waals surface area contributed by atoms with E-state index < -0.39 is 23.4 Å². The van der Waals surface area contributed by atoms with E-state index in [9.17, 15) is 15.2 Å². The zero-order valence-electron chi connectivity index (χ0n) is 16.2. The van der Waals surface area contributed by atoms with Gasteiger partial charge in [0.25, 0.3) is 0 Å². The number of ether oxygens (including phenoxy) is 2. The third-order valence-electron chi connectivity index (χ3n) is 4.39. The standard InChI is InChI=1S/C20H33NO5/c1-4-7-8-9-10-16-11-13-17(14-12-16)15-18(21(23)24)19(22)20(25-5-2)26-6-3/h11-14,18-20,22H,4-10,15H2,1-3H3. The third-order valence-corrected chi connectivity index (χ3v) is 4.39. The second-order valence-electron chi connectivity index (χ2n) is 6.45. The molecule has 6 nitrogen and oxygen atoms in total. The van der Waals surface area contributed by atoms with E-state index in [0.29, 0.717) is 13.2 Å². The van der Waals surface area contributed by atoms with Crippen LogP contribution in [-0.2, 0) is 22.3 Å². The molecule has 0 amide bonds. The number of nitrogens with zero attached hydrogens (tertiary/aromatic N) is 1. The average Bonchev–Trinajstić information content (AvgIpc) is 2.63. The summed E-state index contributed by atoms with van der Waals surface area (Å²) in [7, 11) is 0. The fourth-order valence-electron chi connectivity index (χ4n) is 2.91. The van der Waals surface area contributed by atoms with Gasteiger partial charge in [-0.05, 0) is 37.8 Å². The maximum Gasteiger partial charge on any atom is 0.247 e. The Labute approximate surface area is 156 Å². The summed E-state index contributed by atoms with van der Waals surface area (Å²) in [4.78, 5) is 11.0. The highest BCUT2D eigenvalue weighted by Crippen LogP contribution is 2.16. The van der Waals surface area contributed by atoms with Crippen LogP contribution in [-0.4, -0.2) is 41.7 Å². The molecule has 1 rings (SSSR count). The fourth-order valence-corrected chi connectivity index (χ4v) is 2.91. The number of benzene rings is 1. The SMILES string of the molecule is CCCCCCc1ccc(CC(C(O)C(OCC)OCC)[N+](=O)[O-])cc1. The molecular formula is C20H33NO5. The first kappa shape index (κ1) is 22.5. The van der Waals surface area contributed by atoms with E-state index in [1.54, 1.807) is 13.8 Å². The summed E-state index contributed by atoms with van der Waals surface area (Å²) in [6, 6.07) is 6.69. The molecule has 0 radical (unpaired) electrons. The van der Waals surface area contributed by atoms with Gasteiger partial charge < -0.3 is 14.6 Å². The number of hydrogen-bond acceptors (Lipinski definition) is 5. The molecule has 0 aliphatic heterocycles. The van der Waals surface area contributed by atoms with Gasteiger partial charge in [-0.25, -0.2) is 0 Å². The molecule has 0 aromatic heterocycles.